The number of benzene rings is 2. The Balaban J connectivity index is 1.91. The van der Waals surface area contributed by atoms with E-state index in [4.69, 9.17) is 0 Å². The summed E-state index contributed by atoms with van der Waals surface area (Å²) in [7, 11) is -3.89. The summed E-state index contributed by atoms with van der Waals surface area (Å²) in [5, 5.41) is -1.15. The van der Waals surface area contributed by atoms with Crippen LogP contribution in [-0.2, 0) is 9.84 Å². The average Bonchev–Trinajstić information content (AvgIpc) is 3.12. The minimum atomic E-state index is -4.81. The summed E-state index contributed by atoms with van der Waals surface area (Å²) in [5.74, 6) is -0.415. The zero-order chi connectivity index (χ0) is 19.7. The molecule has 27 heavy (non-hydrogen) atoms. The summed E-state index contributed by atoms with van der Waals surface area (Å²) in [6.45, 7) is 1.46. The van der Waals surface area contributed by atoms with Crippen molar-refractivity contribution in [2.24, 2.45) is 0 Å². The number of hydrogen-bond acceptors (Lipinski definition) is 4. The van der Waals surface area contributed by atoms with Gasteiger partial charge in [-0.3, -0.25) is 4.57 Å². The highest BCUT2D eigenvalue weighted by Gasteiger charge is 2.32. The van der Waals surface area contributed by atoms with Crippen LogP contribution in [0.2, 0.25) is 0 Å². The van der Waals surface area contributed by atoms with E-state index in [0.29, 0.717) is 11.3 Å². The van der Waals surface area contributed by atoms with Crippen LogP contribution in [0, 0.1) is 0 Å². The minimum absolute atomic E-state index is 0.142. The fourth-order valence-corrected chi connectivity index (χ4v) is 4.04. The van der Waals surface area contributed by atoms with E-state index >= 15 is 0 Å². The first-order valence-electron chi connectivity index (χ1n) is 7.87. The summed E-state index contributed by atoms with van der Waals surface area (Å²) < 4.78 is 68.0. The largest absolute Gasteiger partial charge is 0.573 e. The number of ether oxygens (including phenoxy) is 1. The van der Waals surface area contributed by atoms with Crippen molar-refractivity contribution in [1.82, 2.24) is 9.55 Å². The molecule has 0 amide bonds. The molecule has 0 aliphatic carbocycles. The molecular formula is C18H15F3N2O3S. The number of para-hydroxylation sites is 1. The Morgan fingerprint density at radius 3 is 2.26 bits per heavy atom. The van der Waals surface area contributed by atoms with Gasteiger partial charge in [0.05, 0.1) is 5.25 Å². The maximum Gasteiger partial charge on any atom is 0.573 e. The Hall–Kier alpha value is -2.81. The molecule has 5 nitrogen and oxygen atoms in total. The van der Waals surface area contributed by atoms with Gasteiger partial charge in [-0.05, 0) is 36.8 Å². The molecule has 0 aliphatic rings. The van der Waals surface area contributed by atoms with Crippen molar-refractivity contribution in [2.75, 3.05) is 0 Å². The average molecular weight is 396 g/mol. The first-order chi connectivity index (χ1) is 12.7. The van der Waals surface area contributed by atoms with E-state index in [2.05, 4.69) is 9.72 Å². The maximum absolute atomic E-state index is 13.0. The fraction of sp³-hybridized carbons (Fsp3) is 0.167. The Morgan fingerprint density at radius 2 is 1.67 bits per heavy atom. The van der Waals surface area contributed by atoms with Crippen molar-refractivity contribution in [3.8, 4) is 11.4 Å². The van der Waals surface area contributed by atoms with Gasteiger partial charge in [-0.2, -0.15) is 0 Å². The molecule has 1 aromatic heterocycles. The van der Waals surface area contributed by atoms with Gasteiger partial charge in [0.2, 0.25) is 15.0 Å². The number of halogens is 3. The van der Waals surface area contributed by atoms with Crippen molar-refractivity contribution in [3.05, 3.63) is 72.6 Å². The maximum atomic E-state index is 13.0. The zero-order valence-corrected chi connectivity index (χ0v) is 14.9. The van der Waals surface area contributed by atoms with Gasteiger partial charge in [0.1, 0.15) is 5.75 Å². The lowest BCUT2D eigenvalue weighted by Crippen LogP contribution is -2.17. The van der Waals surface area contributed by atoms with Gasteiger partial charge in [0, 0.05) is 18.1 Å². The number of hydrogen-bond donors (Lipinski definition) is 0. The Morgan fingerprint density at radius 1 is 1.04 bits per heavy atom. The molecule has 1 atom stereocenters. The zero-order valence-electron chi connectivity index (χ0n) is 14.1. The number of alkyl halides is 3. The molecule has 0 radical (unpaired) electrons. The molecule has 9 heteroatoms. The SMILES string of the molecule is CC(c1ccc(OC(F)(F)F)cc1)S(=O)(=O)c1nccn1-c1ccccc1. The molecule has 142 valence electrons. The van der Waals surface area contributed by atoms with Crippen LogP contribution in [0.3, 0.4) is 0 Å². The molecule has 0 saturated carbocycles. The monoisotopic (exact) mass is 396 g/mol. The van der Waals surface area contributed by atoms with Crippen LogP contribution < -0.4 is 4.74 Å². The number of imidazole rings is 1. The molecule has 1 heterocycles. The second kappa shape index (κ2) is 7.07. The summed E-state index contributed by atoms with van der Waals surface area (Å²) in [4.78, 5) is 3.98. The van der Waals surface area contributed by atoms with E-state index < -0.39 is 27.2 Å². The minimum Gasteiger partial charge on any atom is -0.406 e. The van der Waals surface area contributed by atoms with E-state index in [9.17, 15) is 21.6 Å². The van der Waals surface area contributed by atoms with Crippen LogP contribution in [0.1, 0.15) is 17.7 Å². The molecule has 1 unspecified atom stereocenters. The number of aromatic nitrogens is 2. The van der Waals surface area contributed by atoms with Crippen LogP contribution in [0.4, 0.5) is 13.2 Å². The van der Waals surface area contributed by atoms with Gasteiger partial charge in [0.15, 0.2) is 0 Å². The third-order valence-electron chi connectivity index (χ3n) is 3.94. The van der Waals surface area contributed by atoms with E-state index in [1.165, 1.54) is 36.0 Å². The van der Waals surface area contributed by atoms with Crippen molar-refractivity contribution in [1.29, 1.82) is 0 Å². The Bertz CT molecular complexity index is 1010. The van der Waals surface area contributed by atoms with Crippen LogP contribution in [0.25, 0.3) is 5.69 Å². The molecule has 0 saturated heterocycles. The highest BCUT2D eigenvalue weighted by molar-refractivity contribution is 7.91. The molecule has 0 N–H and O–H groups in total. The quantitative estimate of drug-likeness (QED) is 0.645. The topological polar surface area (TPSA) is 61.2 Å². The molecule has 0 aliphatic heterocycles. The van der Waals surface area contributed by atoms with Gasteiger partial charge < -0.3 is 4.74 Å². The first-order valence-corrected chi connectivity index (χ1v) is 9.41. The molecular weight excluding hydrogens is 381 g/mol. The lowest BCUT2D eigenvalue weighted by atomic mass is 10.2. The highest BCUT2D eigenvalue weighted by atomic mass is 32.2. The standard InChI is InChI=1S/C18H15F3N2O3S/c1-13(14-7-9-16(10-8-14)26-18(19,20)21)27(24,25)17-22-11-12-23(17)15-5-3-2-4-6-15/h2-13H,1H3. The van der Waals surface area contributed by atoms with Crippen molar-refractivity contribution in [2.45, 2.75) is 23.7 Å². The summed E-state index contributed by atoms with van der Waals surface area (Å²) in [5.41, 5.74) is 0.960. The normalized spacial score (nSPS) is 13.3. The predicted molar refractivity (Wildman–Crippen MR) is 92.3 cm³/mol. The molecule has 0 fully saturated rings. The number of sulfone groups is 1. The summed E-state index contributed by atoms with van der Waals surface area (Å²) >= 11 is 0. The van der Waals surface area contributed by atoms with Gasteiger partial charge in [0.25, 0.3) is 0 Å². The summed E-state index contributed by atoms with van der Waals surface area (Å²) in [6.07, 6.45) is -1.89. The van der Waals surface area contributed by atoms with Crippen LogP contribution >= 0.6 is 0 Å². The van der Waals surface area contributed by atoms with E-state index in [0.717, 1.165) is 12.1 Å². The third kappa shape index (κ3) is 4.13. The Kier molecular flexibility index (Phi) is 4.97. The highest BCUT2D eigenvalue weighted by Crippen LogP contribution is 2.31. The lowest BCUT2D eigenvalue weighted by molar-refractivity contribution is -0.274. The third-order valence-corrected chi connectivity index (χ3v) is 5.96. The van der Waals surface area contributed by atoms with Crippen LogP contribution in [0.5, 0.6) is 5.75 Å². The molecule has 3 rings (SSSR count). The molecule has 3 aromatic rings. The second-order valence-electron chi connectivity index (χ2n) is 5.72. The molecule has 0 spiro atoms. The van der Waals surface area contributed by atoms with E-state index in [-0.39, 0.29) is 5.16 Å². The smallest absolute Gasteiger partial charge is 0.406 e. The van der Waals surface area contributed by atoms with Gasteiger partial charge in [-0.1, -0.05) is 30.3 Å². The van der Waals surface area contributed by atoms with Gasteiger partial charge >= 0.3 is 6.36 Å². The van der Waals surface area contributed by atoms with Gasteiger partial charge in [-0.25, -0.2) is 13.4 Å². The molecule has 0 bridgehead atoms. The van der Waals surface area contributed by atoms with Gasteiger partial charge in [-0.15, -0.1) is 13.2 Å². The van der Waals surface area contributed by atoms with Crippen LogP contribution in [-0.4, -0.2) is 24.3 Å². The Labute approximate surface area is 154 Å². The fourth-order valence-electron chi connectivity index (χ4n) is 2.56. The summed E-state index contributed by atoms with van der Waals surface area (Å²) in [6, 6.07) is 13.6. The van der Waals surface area contributed by atoms with Crippen molar-refractivity contribution in [3.63, 3.8) is 0 Å². The van der Waals surface area contributed by atoms with E-state index in [1.54, 1.807) is 24.3 Å². The number of rotatable bonds is 5. The number of nitrogens with zero attached hydrogens (tertiary/aromatic N) is 2. The first kappa shape index (κ1) is 19.0. The van der Waals surface area contributed by atoms with Crippen LogP contribution in [0.15, 0.2) is 72.1 Å². The lowest BCUT2D eigenvalue weighted by Gasteiger charge is -2.15. The predicted octanol–water partition coefficient (Wildman–Crippen LogP) is 4.31. The van der Waals surface area contributed by atoms with Crippen molar-refractivity contribution < 1.29 is 26.3 Å². The second-order valence-corrected chi connectivity index (χ2v) is 7.88. The molecule has 2 aromatic carbocycles. The van der Waals surface area contributed by atoms with E-state index in [1.807, 2.05) is 6.07 Å². The van der Waals surface area contributed by atoms with Crippen molar-refractivity contribution >= 4 is 9.84 Å².